The fraction of sp³-hybridized carbons (Fsp3) is 0.421. The third-order valence-electron chi connectivity index (χ3n) is 4.11. The van der Waals surface area contributed by atoms with Gasteiger partial charge in [-0.3, -0.25) is 10.1 Å². The molecule has 2 rings (SSSR count). The van der Waals surface area contributed by atoms with Gasteiger partial charge in [-0.1, -0.05) is 18.2 Å². The first-order valence-electron chi connectivity index (χ1n) is 8.40. The van der Waals surface area contributed by atoms with Gasteiger partial charge in [0.25, 0.3) is 0 Å². The fourth-order valence-electron chi connectivity index (χ4n) is 2.93. The maximum Gasteiger partial charge on any atom is 0.342 e. The molecule has 1 heterocycles. The summed E-state index contributed by atoms with van der Waals surface area (Å²) in [4.78, 5) is 37.4. The highest BCUT2D eigenvalue weighted by Crippen LogP contribution is 2.38. The van der Waals surface area contributed by atoms with E-state index in [0.717, 1.165) is 0 Å². The van der Waals surface area contributed by atoms with Crippen LogP contribution in [0.4, 0.5) is 0 Å². The Balaban J connectivity index is 2.58. The number of nitrogens with one attached hydrogen (secondary N) is 1. The summed E-state index contributed by atoms with van der Waals surface area (Å²) in [7, 11) is 1.51. The summed E-state index contributed by atoms with van der Waals surface area (Å²) in [6.07, 6.45) is 1.31. The number of rotatable bonds is 7. The van der Waals surface area contributed by atoms with Crippen LogP contribution >= 0.6 is 0 Å². The van der Waals surface area contributed by atoms with Crippen LogP contribution in [0.3, 0.4) is 0 Å². The summed E-state index contributed by atoms with van der Waals surface area (Å²) in [6.45, 7) is 4.83. The molecule has 1 atom stereocenters. The second-order valence-corrected chi connectivity index (χ2v) is 5.72. The molecule has 0 aromatic heterocycles. The maximum atomic E-state index is 12.6. The van der Waals surface area contributed by atoms with Crippen molar-refractivity contribution in [3.63, 3.8) is 0 Å². The molecule has 26 heavy (non-hydrogen) atoms. The van der Waals surface area contributed by atoms with Gasteiger partial charge in [0.2, 0.25) is 5.54 Å². The average molecular weight is 361 g/mol. The lowest BCUT2D eigenvalue weighted by Crippen LogP contribution is -2.56. The van der Waals surface area contributed by atoms with Crippen molar-refractivity contribution in [2.24, 2.45) is 0 Å². The average Bonchev–Trinajstić information content (AvgIpc) is 3.04. The molecule has 0 amide bonds. The molecule has 1 aliphatic rings. The van der Waals surface area contributed by atoms with Crippen molar-refractivity contribution in [2.75, 3.05) is 20.3 Å². The van der Waals surface area contributed by atoms with E-state index in [4.69, 9.17) is 14.2 Å². The van der Waals surface area contributed by atoms with Crippen LogP contribution in [0.5, 0.6) is 5.75 Å². The molecule has 0 bridgehead atoms. The van der Waals surface area contributed by atoms with E-state index >= 15 is 0 Å². The normalized spacial score (nSPS) is 18.0. The predicted octanol–water partition coefficient (Wildman–Crippen LogP) is 1.72. The summed E-state index contributed by atoms with van der Waals surface area (Å²) in [5.41, 5.74) is -0.971. The highest BCUT2D eigenvalue weighted by Gasteiger charge is 2.54. The molecule has 0 spiro atoms. The first kappa shape index (κ1) is 19.7. The number of hydrogen-bond acceptors (Lipinski definition) is 7. The summed E-state index contributed by atoms with van der Waals surface area (Å²) in [5.74, 6) is -1.37. The van der Waals surface area contributed by atoms with Crippen molar-refractivity contribution >= 4 is 17.7 Å². The Kier molecular flexibility index (Phi) is 6.15. The van der Waals surface area contributed by atoms with E-state index < -0.39 is 23.5 Å². The lowest BCUT2D eigenvalue weighted by atomic mass is 9.96. The van der Waals surface area contributed by atoms with Gasteiger partial charge in [0.05, 0.1) is 26.4 Å². The van der Waals surface area contributed by atoms with Gasteiger partial charge in [0, 0.05) is 11.1 Å². The lowest BCUT2D eigenvalue weighted by molar-refractivity contribution is -0.162. The Labute approximate surface area is 152 Å². The van der Waals surface area contributed by atoms with Gasteiger partial charge in [-0.15, -0.1) is 0 Å². The number of carbonyl (C=O) groups excluding carboxylic acids is 3. The molecule has 1 N–H and O–H groups in total. The molecule has 0 unspecified atom stereocenters. The van der Waals surface area contributed by atoms with Crippen molar-refractivity contribution in [1.29, 1.82) is 0 Å². The van der Waals surface area contributed by atoms with E-state index in [-0.39, 0.29) is 24.6 Å². The summed E-state index contributed by atoms with van der Waals surface area (Å²) < 4.78 is 15.5. The standard InChI is InChI=1S/C19H23NO6/c1-5-25-17(22)19(18(23)26-6-2)11-14(12(3)21)16(20-19)13-9-7-8-10-15(13)24-4/h7-11,16,20H,5-6H2,1-4H3/t16-/m0/s1. The Hall–Kier alpha value is -2.67. The van der Waals surface area contributed by atoms with Gasteiger partial charge < -0.3 is 14.2 Å². The molecule has 0 aliphatic carbocycles. The van der Waals surface area contributed by atoms with Crippen LogP contribution in [0.25, 0.3) is 0 Å². The van der Waals surface area contributed by atoms with Crippen molar-refractivity contribution in [3.05, 3.63) is 41.5 Å². The van der Waals surface area contributed by atoms with Crippen molar-refractivity contribution in [1.82, 2.24) is 5.32 Å². The largest absolute Gasteiger partial charge is 0.496 e. The van der Waals surface area contributed by atoms with Gasteiger partial charge >= 0.3 is 11.9 Å². The molecule has 0 saturated heterocycles. The monoisotopic (exact) mass is 361 g/mol. The zero-order chi connectivity index (χ0) is 19.3. The Morgan fingerprint density at radius 2 is 1.65 bits per heavy atom. The number of benzene rings is 1. The minimum absolute atomic E-state index is 0.0875. The minimum Gasteiger partial charge on any atom is -0.496 e. The van der Waals surface area contributed by atoms with Crippen molar-refractivity contribution in [3.8, 4) is 5.75 Å². The molecule has 140 valence electrons. The van der Waals surface area contributed by atoms with E-state index in [2.05, 4.69) is 5.32 Å². The minimum atomic E-state index is -1.88. The fourth-order valence-corrected chi connectivity index (χ4v) is 2.93. The number of ketones is 1. The van der Waals surface area contributed by atoms with Gasteiger partial charge in [-0.25, -0.2) is 9.59 Å². The predicted molar refractivity (Wildman–Crippen MR) is 93.6 cm³/mol. The van der Waals surface area contributed by atoms with Gasteiger partial charge in [0.15, 0.2) is 5.78 Å². The van der Waals surface area contributed by atoms with Crippen LogP contribution in [0, 0.1) is 0 Å². The Bertz CT molecular complexity index is 721. The molecular formula is C19H23NO6. The molecule has 1 aromatic rings. The molecule has 0 radical (unpaired) electrons. The molecule has 0 fully saturated rings. The number of methoxy groups -OCH3 is 1. The quantitative estimate of drug-likeness (QED) is 0.584. The van der Waals surface area contributed by atoms with Gasteiger partial charge in [-0.05, 0) is 32.9 Å². The van der Waals surface area contributed by atoms with E-state index in [9.17, 15) is 14.4 Å². The van der Waals surface area contributed by atoms with Crippen LogP contribution in [-0.2, 0) is 23.9 Å². The molecular weight excluding hydrogens is 338 g/mol. The van der Waals surface area contributed by atoms with E-state index in [1.807, 2.05) is 0 Å². The number of para-hydroxylation sites is 1. The number of esters is 2. The first-order chi connectivity index (χ1) is 12.4. The smallest absolute Gasteiger partial charge is 0.342 e. The van der Waals surface area contributed by atoms with Crippen molar-refractivity contribution < 1.29 is 28.6 Å². The van der Waals surface area contributed by atoms with Crippen LogP contribution in [0.15, 0.2) is 35.9 Å². The summed E-state index contributed by atoms with van der Waals surface area (Å²) in [5, 5.41) is 2.95. The van der Waals surface area contributed by atoms with Crippen molar-refractivity contribution in [2.45, 2.75) is 32.4 Å². The zero-order valence-electron chi connectivity index (χ0n) is 15.3. The van der Waals surface area contributed by atoms with E-state index in [1.54, 1.807) is 38.1 Å². The van der Waals surface area contributed by atoms with Gasteiger partial charge in [-0.2, -0.15) is 0 Å². The third kappa shape index (κ3) is 3.48. The van der Waals surface area contributed by atoms with E-state index in [0.29, 0.717) is 11.3 Å². The van der Waals surface area contributed by atoms with Crippen LogP contribution in [0.1, 0.15) is 32.4 Å². The molecule has 1 aliphatic heterocycles. The number of Topliss-reactive ketones (excluding diaryl/α,β-unsaturated/α-hetero) is 1. The van der Waals surface area contributed by atoms with Crippen LogP contribution in [-0.4, -0.2) is 43.6 Å². The number of ether oxygens (including phenoxy) is 3. The second kappa shape index (κ2) is 8.14. The maximum absolute atomic E-state index is 12.6. The summed E-state index contributed by atoms with van der Waals surface area (Å²) >= 11 is 0. The highest BCUT2D eigenvalue weighted by atomic mass is 16.6. The highest BCUT2D eigenvalue weighted by molar-refractivity contribution is 6.11. The van der Waals surface area contributed by atoms with Crippen LogP contribution in [0.2, 0.25) is 0 Å². The molecule has 7 nitrogen and oxygen atoms in total. The number of hydrogen-bond donors (Lipinski definition) is 1. The Morgan fingerprint density at radius 1 is 1.08 bits per heavy atom. The zero-order valence-corrected chi connectivity index (χ0v) is 15.3. The summed E-state index contributed by atoms with van der Waals surface area (Å²) in [6, 6.07) is 6.37. The lowest BCUT2D eigenvalue weighted by Gasteiger charge is -2.26. The van der Waals surface area contributed by atoms with E-state index in [1.165, 1.54) is 20.1 Å². The topological polar surface area (TPSA) is 90.9 Å². The molecule has 0 saturated carbocycles. The number of carbonyl (C=O) groups is 3. The SMILES string of the molecule is CCOC(=O)C1(C(=O)OCC)C=C(C(C)=O)[C@H](c2ccccc2OC)N1. The van der Waals surface area contributed by atoms with Crippen LogP contribution < -0.4 is 10.1 Å². The molecule has 7 heteroatoms. The third-order valence-corrected chi connectivity index (χ3v) is 4.11. The van der Waals surface area contributed by atoms with Gasteiger partial charge in [0.1, 0.15) is 5.75 Å². The Morgan fingerprint density at radius 3 is 2.15 bits per heavy atom. The second-order valence-electron chi connectivity index (χ2n) is 5.72. The first-order valence-corrected chi connectivity index (χ1v) is 8.40. The molecule has 1 aromatic carbocycles.